The summed E-state index contributed by atoms with van der Waals surface area (Å²) in [5.41, 5.74) is 0.877. The van der Waals surface area contributed by atoms with Crippen LogP contribution in [0.1, 0.15) is 28.9 Å². The van der Waals surface area contributed by atoms with Gasteiger partial charge in [0.15, 0.2) is 0 Å². The molecular weight excluding hydrogens is 220 g/mol. The predicted molar refractivity (Wildman–Crippen MR) is 61.9 cm³/mol. The number of hydrogen-bond acceptors (Lipinski definition) is 2. The van der Waals surface area contributed by atoms with E-state index in [1.807, 2.05) is 0 Å². The van der Waals surface area contributed by atoms with Crippen molar-refractivity contribution in [3.8, 4) is 0 Å². The summed E-state index contributed by atoms with van der Waals surface area (Å²) in [6.45, 7) is 1.83. The van der Waals surface area contributed by atoms with Crippen LogP contribution in [0.4, 0.5) is 0 Å². The van der Waals surface area contributed by atoms with E-state index in [1.165, 1.54) is 4.57 Å². The molecule has 0 unspecified atom stereocenters. The SMILES string of the molecule is Cc1ccn(CC(=O)N(C)C2CC2)c1C(=O)O. The van der Waals surface area contributed by atoms with Gasteiger partial charge in [0.25, 0.3) is 0 Å². The molecule has 0 aromatic carbocycles. The predicted octanol–water partition coefficient (Wildman–Crippen LogP) is 1.12. The molecule has 1 fully saturated rings. The molecule has 17 heavy (non-hydrogen) atoms. The third-order valence-corrected chi connectivity index (χ3v) is 3.16. The molecule has 0 atom stereocenters. The van der Waals surface area contributed by atoms with Crippen LogP contribution in [0, 0.1) is 6.92 Å². The standard InChI is InChI=1S/C12H16N2O3/c1-8-5-6-14(11(8)12(16)17)7-10(15)13(2)9-3-4-9/h5-6,9H,3-4,7H2,1-2H3,(H,16,17). The summed E-state index contributed by atoms with van der Waals surface area (Å²) in [6.07, 6.45) is 3.76. The number of amides is 1. The largest absolute Gasteiger partial charge is 0.477 e. The van der Waals surface area contributed by atoms with Crippen molar-refractivity contribution in [2.45, 2.75) is 32.4 Å². The minimum atomic E-state index is -0.991. The Bertz CT molecular complexity index is 460. The fourth-order valence-corrected chi connectivity index (χ4v) is 1.93. The van der Waals surface area contributed by atoms with E-state index < -0.39 is 5.97 Å². The lowest BCUT2D eigenvalue weighted by Gasteiger charge is -2.17. The molecule has 0 aliphatic heterocycles. The molecule has 0 radical (unpaired) electrons. The van der Waals surface area contributed by atoms with Gasteiger partial charge in [-0.1, -0.05) is 0 Å². The van der Waals surface area contributed by atoms with Gasteiger partial charge >= 0.3 is 5.97 Å². The van der Waals surface area contributed by atoms with E-state index in [9.17, 15) is 9.59 Å². The van der Waals surface area contributed by atoms with E-state index in [2.05, 4.69) is 0 Å². The van der Waals surface area contributed by atoms with Crippen LogP contribution < -0.4 is 0 Å². The Hall–Kier alpha value is -1.78. The molecule has 1 saturated carbocycles. The second kappa shape index (κ2) is 4.24. The molecule has 1 aromatic heterocycles. The van der Waals surface area contributed by atoms with Gasteiger partial charge in [-0.15, -0.1) is 0 Å². The summed E-state index contributed by atoms with van der Waals surface area (Å²) >= 11 is 0. The summed E-state index contributed by atoms with van der Waals surface area (Å²) in [6, 6.07) is 2.07. The van der Waals surface area contributed by atoms with Gasteiger partial charge in [0, 0.05) is 19.3 Å². The number of nitrogens with zero attached hydrogens (tertiary/aromatic N) is 2. The molecule has 92 valence electrons. The van der Waals surface area contributed by atoms with Crippen molar-refractivity contribution in [3.05, 3.63) is 23.5 Å². The van der Waals surface area contributed by atoms with Gasteiger partial charge in [-0.05, 0) is 31.4 Å². The average molecular weight is 236 g/mol. The highest BCUT2D eigenvalue weighted by Gasteiger charge is 2.29. The van der Waals surface area contributed by atoms with Gasteiger partial charge in [-0.3, -0.25) is 4.79 Å². The molecule has 2 rings (SSSR count). The van der Waals surface area contributed by atoms with Crippen LogP contribution in [-0.4, -0.2) is 39.5 Å². The lowest BCUT2D eigenvalue weighted by Crippen LogP contribution is -2.32. The van der Waals surface area contributed by atoms with E-state index >= 15 is 0 Å². The highest BCUT2D eigenvalue weighted by Crippen LogP contribution is 2.25. The molecule has 0 spiro atoms. The van der Waals surface area contributed by atoms with E-state index in [-0.39, 0.29) is 18.1 Å². The number of aromatic nitrogens is 1. The summed E-state index contributed by atoms with van der Waals surface area (Å²) < 4.78 is 1.50. The minimum absolute atomic E-state index is 0.0365. The second-order valence-electron chi connectivity index (χ2n) is 4.52. The van der Waals surface area contributed by atoms with E-state index in [0.29, 0.717) is 11.6 Å². The van der Waals surface area contributed by atoms with Crippen molar-refractivity contribution in [2.75, 3.05) is 7.05 Å². The summed E-state index contributed by atoms with van der Waals surface area (Å²) in [5.74, 6) is -1.03. The maximum absolute atomic E-state index is 11.9. The number of carbonyl (C=O) groups excluding carboxylic acids is 1. The molecule has 0 bridgehead atoms. The lowest BCUT2D eigenvalue weighted by atomic mass is 10.3. The first-order valence-corrected chi connectivity index (χ1v) is 5.65. The molecule has 5 nitrogen and oxygen atoms in total. The average Bonchev–Trinajstić information content (AvgIpc) is 3.03. The highest BCUT2D eigenvalue weighted by molar-refractivity contribution is 5.88. The molecule has 1 heterocycles. The number of carbonyl (C=O) groups is 2. The fourth-order valence-electron chi connectivity index (χ4n) is 1.93. The third kappa shape index (κ3) is 2.33. The van der Waals surface area contributed by atoms with Crippen LogP contribution in [0.15, 0.2) is 12.3 Å². The molecule has 5 heteroatoms. The molecule has 1 aliphatic rings. The zero-order valence-corrected chi connectivity index (χ0v) is 10.0. The molecule has 1 amide bonds. The second-order valence-corrected chi connectivity index (χ2v) is 4.52. The summed E-state index contributed by atoms with van der Waals surface area (Å²) in [5, 5.41) is 9.06. The van der Waals surface area contributed by atoms with Gasteiger partial charge in [-0.25, -0.2) is 4.79 Å². The van der Waals surface area contributed by atoms with Gasteiger partial charge < -0.3 is 14.6 Å². The Balaban J connectivity index is 2.12. The highest BCUT2D eigenvalue weighted by atomic mass is 16.4. The van der Waals surface area contributed by atoms with E-state index in [4.69, 9.17) is 5.11 Å². The monoisotopic (exact) mass is 236 g/mol. The maximum atomic E-state index is 11.9. The number of carboxylic acid groups (broad SMARTS) is 1. The van der Waals surface area contributed by atoms with Crippen LogP contribution in [0.3, 0.4) is 0 Å². The van der Waals surface area contributed by atoms with Crippen LogP contribution in [0.5, 0.6) is 0 Å². The van der Waals surface area contributed by atoms with Crippen LogP contribution in [0.2, 0.25) is 0 Å². The van der Waals surface area contributed by atoms with Crippen LogP contribution >= 0.6 is 0 Å². The van der Waals surface area contributed by atoms with Crippen molar-refractivity contribution in [2.24, 2.45) is 0 Å². The smallest absolute Gasteiger partial charge is 0.352 e. The van der Waals surface area contributed by atoms with Crippen LogP contribution in [-0.2, 0) is 11.3 Å². The Morgan fingerprint density at radius 3 is 2.71 bits per heavy atom. The molecule has 1 aliphatic carbocycles. The van der Waals surface area contributed by atoms with Crippen molar-refractivity contribution < 1.29 is 14.7 Å². The van der Waals surface area contributed by atoms with Crippen molar-refractivity contribution >= 4 is 11.9 Å². The number of carboxylic acids is 1. The number of aryl methyl sites for hydroxylation is 1. The van der Waals surface area contributed by atoms with Crippen molar-refractivity contribution in [3.63, 3.8) is 0 Å². The Labute approximate surface area is 99.6 Å². The van der Waals surface area contributed by atoms with Gasteiger partial charge in [0.1, 0.15) is 12.2 Å². The zero-order chi connectivity index (χ0) is 12.6. The number of aromatic carboxylic acids is 1. The Kier molecular flexibility index (Phi) is 2.92. The first-order valence-electron chi connectivity index (χ1n) is 5.65. The van der Waals surface area contributed by atoms with Crippen LogP contribution in [0.25, 0.3) is 0 Å². The minimum Gasteiger partial charge on any atom is -0.477 e. The number of likely N-dealkylation sites (N-methyl/N-ethyl adjacent to an activating group) is 1. The summed E-state index contributed by atoms with van der Waals surface area (Å²) in [4.78, 5) is 24.7. The number of rotatable bonds is 4. The molecule has 1 N–H and O–H groups in total. The molecule has 1 aromatic rings. The topological polar surface area (TPSA) is 62.5 Å². The quantitative estimate of drug-likeness (QED) is 0.852. The fraction of sp³-hybridized carbons (Fsp3) is 0.500. The summed E-state index contributed by atoms with van der Waals surface area (Å²) in [7, 11) is 1.77. The zero-order valence-electron chi connectivity index (χ0n) is 10.0. The van der Waals surface area contributed by atoms with E-state index in [1.54, 1.807) is 31.1 Å². The first kappa shape index (κ1) is 11.7. The Morgan fingerprint density at radius 2 is 2.18 bits per heavy atom. The van der Waals surface area contributed by atoms with Gasteiger partial charge in [-0.2, -0.15) is 0 Å². The van der Waals surface area contributed by atoms with Crippen molar-refractivity contribution in [1.82, 2.24) is 9.47 Å². The molecular formula is C12H16N2O3. The third-order valence-electron chi connectivity index (χ3n) is 3.16. The first-order chi connectivity index (χ1) is 8.00. The maximum Gasteiger partial charge on any atom is 0.352 e. The molecule has 0 saturated heterocycles. The Morgan fingerprint density at radius 1 is 1.53 bits per heavy atom. The normalized spacial score (nSPS) is 14.7. The van der Waals surface area contributed by atoms with Gasteiger partial charge in [0.05, 0.1) is 0 Å². The van der Waals surface area contributed by atoms with Gasteiger partial charge in [0.2, 0.25) is 5.91 Å². The number of hydrogen-bond donors (Lipinski definition) is 1. The van der Waals surface area contributed by atoms with Crippen molar-refractivity contribution in [1.29, 1.82) is 0 Å². The van der Waals surface area contributed by atoms with E-state index in [0.717, 1.165) is 12.8 Å². The lowest BCUT2D eigenvalue weighted by molar-refractivity contribution is -0.131.